The summed E-state index contributed by atoms with van der Waals surface area (Å²) >= 11 is 5.56. The molecule has 0 spiro atoms. The van der Waals surface area contributed by atoms with E-state index < -0.39 is 5.82 Å². The number of halogens is 2. The molecule has 1 fully saturated rings. The largest absolute Gasteiger partial charge is 0.484 e. The van der Waals surface area contributed by atoms with Crippen LogP contribution in [0.25, 0.3) is 0 Å². The molecule has 2 rings (SSSR count). The van der Waals surface area contributed by atoms with Gasteiger partial charge in [0.15, 0.2) is 6.61 Å². The molecule has 4 nitrogen and oxygen atoms in total. The van der Waals surface area contributed by atoms with Gasteiger partial charge in [0.2, 0.25) is 0 Å². The number of benzene rings is 1. The Morgan fingerprint density at radius 1 is 1.58 bits per heavy atom. The maximum absolute atomic E-state index is 13.2. The van der Waals surface area contributed by atoms with E-state index in [9.17, 15) is 9.18 Å². The molecule has 1 amide bonds. The van der Waals surface area contributed by atoms with E-state index in [4.69, 9.17) is 16.3 Å². The van der Waals surface area contributed by atoms with Crippen LogP contribution in [0.2, 0.25) is 5.02 Å². The summed E-state index contributed by atoms with van der Waals surface area (Å²) in [6, 6.07) is 4.24. The van der Waals surface area contributed by atoms with Crippen LogP contribution in [0.5, 0.6) is 5.75 Å². The summed E-state index contributed by atoms with van der Waals surface area (Å²) < 4.78 is 18.4. The average molecular weight is 287 g/mol. The number of hydrogen-bond donors (Lipinski definition) is 2. The summed E-state index contributed by atoms with van der Waals surface area (Å²) in [5, 5.41) is 6.11. The van der Waals surface area contributed by atoms with E-state index in [1.165, 1.54) is 12.1 Å². The van der Waals surface area contributed by atoms with Gasteiger partial charge in [-0.15, -0.1) is 0 Å². The molecule has 0 radical (unpaired) electrons. The fraction of sp³-hybridized carbons (Fsp3) is 0.462. The Kier molecular flexibility index (Phi) is 4.99. The quantitative estimate of drug-likeness (QED) is 0.886. The van der Waals surface area contributed by atoms with Gasteiger partial charge in [-0.05, 0) is 31.5 Å². The van der Waals surface area contributed by atoms with Gasteiger partial charge in [-0.1, -0.05) is 11.6 Å². The highest BCUT2D eigenvalue weighted by atomic mass is 35.5. The molecule has 0 aromatic heterocycles. The molecule has 2 N–H and O–H groups in total. The second kappa shape index (κ2) is 6.73. The minimum atomic E-state index is -0.559. The van der Waals surface area contributed by atoms with Crippen LogP contribution in [0.3, 0.4) is 0 Å². The Morgan fingerprint density at radius 2 is 2.42 bits per heavy atom. The van der Waals surface area contributed by atoms with Crippen molar-refractivity contribution < 1.29 is 13.9 Å². The molecule has 1 unspecified atom stereocenters. The van der Waals surface area contributed by atoms with Crippen LogP contribution in [0.1, 0.15) is 12.8 Å². The van der Waals surface area contributed by atoms with Gasteiger partial charge in [-0.25, -0.2) is 4.39 Å². The van der Waals surface area contributed by atoms with Crippen LogP contribution < -0.4 is 15.4 Å². The molecule has 1 aromatic rings. The molecule has 1 heterocycles. The van der Waals surface area contributed by atoms with Crippen molar-refractivity contribution in [2.75, 3.05) is 19.7 Å². The standard InChI is InChI=1S/C13H16ClFN2O2/c14-11-4-3-10(6-12(11)15)19-8-13(18)17-9-2-1-5-16-7-9/h3-4,6,9,16H,1-2,5,7-8H2,(H,17,18). The average Bonchev–Trinajstić information content (AvgIpc) is 2.41. The van der Waals surface area contributed by atoms with Crippen molar-refractivity contribution in [3.05, 3.63) is 29.0 Å². The molecule has 1 aromatic carbocycles. The van der Waals surface area contributed by atoms with E-state index in [-0.39, 0.29) is 23.6 Å². The SMILES string of the molecule is O=C(COc1ccc(Cl)c(F)c1)NC1CCCNC1. The topological polar surface area (TPSA) is 50.4 Å². The van der Waals surface area contributed by atoms with E-state index in [2.05, 4.69) is 10.6 Å². The maximum Gasteiger partial charge on any atom is 0.258 e. The van der Waals surface area contributed by atoms with Gasteiger partial charge in [0.1, 0.15) is 11.6 Å². The van der Waals surface area contributed by atoms with E-state index >= 15 is 0 Å². The molecule has 0 bridgehead atoms. The Morgan fingerprint density at radius 3 is 3.11 bits per heavy atom. The van der Waals surface area contributed by atoms with Crippen molar-refractivity contribution in [1.82, 2.24) is 10.6 Å². The highest BCUT2D eigenvalue weighted by molar-refractivity contribution is 6.30. The van der Waals surface area contributed by atoms with E-state index in [1.807, 2.05) is 0 Å². The second-order valence-corrected chi connectivity index (χ2v) is 4.88. The zero-order chi connectivity index (χ0) is 13.7. The molecule has 0 aliphatic carbocycles. The summed E-state index contributed by atoms with van der Waals surface area (Å²) in [4.78, 5) is 11.7. The predicted molar refractivity (Wildman–Crippen MR) is 70.9 cm³/mol. The summed E-state index contributed by atoms with van der Waals surface area (Å²) in [6.07, 6.45) is 2.02. The Hall–Kier alpha value is -1.33. The van der Waals surface area contributed by atoms with Crippen LogP contribution in [0.15, 0.2) is 18.2 Å². The summed E-state index contributed by atoms with van der Waals surface area (Å²) in [5.74, 6) is -0.473. The first kappa shape index (κ1) is 14.1. The van der Waals surface area contributed by atoms with Gasteiger partial charge in [-0.3, -0.25) is 4.79 Å². The molecule has 1 atom stereocenters. The highest BCUT2D eigenvalue weighted by Crippen LogP contribution is 2.20. The van der Waals surface area contributed by atoms with Crippen molar-refractivity contribution in [1.29, 1.82) is 0 Å². The zero-order valence-electron chi connectivity index (χ0n) is 10.4. The van der Waals surface area contributed by atoms with Crippen molar-refractivity contribution in [3.8, 4) is 5.75 Å². The lowest BCUT2D eigenvalue weighted by Crippen LogP contribution is -2.46. The second-order valence-electron chi connectivity index (χ2n) is 4.48. The summed E-state index contributed by atoms with van der Waals surface area (Å²) in [5.41, 5.74) is 0. The Balaban J connectivity index is 1.77. The number of piperidine rings is 1. The molecular weight excluding hydrogens is 271 g/mol. The van der Waals surface area contributed by atoms with Gasteiger partial charge in [0.25, 0.3) is 5.91 Å². The van der Waals surface area contributed by atoms with Crippen molar-refractivity contribution >= 4 is 17.5 Å². The lowest BCUT2D eigenvalue weighted by Gasteiger charge is -2.23. The third-order valence-electron chi connectivity index (χ3n) is 2.92. The van der Waals surface area contributed by atoms with Gasteiger partial charge in [0, 0.05) is 18.7 Å². The first-order valence-corrected chi connectivity index (χ1v) is 6.61. The van der Waals surface area contributed by atoms with Crippen LogP contribution in [0, 0.1) is 5.82 Å². The summed E-state index contributed by atoms with van der Waals surface area (Å²) in [7, 11) is 0. The van der Waals surface area contributed by atoms with Gasteiger partial charge >= 0.3 is 0 Å². The van der Waals surface area contributed by atoms with Crippen LogP contribution in [0.4, 0.5) is 4.39 Å². The third-order valence-corrected chi connectivity index (χ3v) is 3.23. The number of amides is 1. The van der Waals surface area contributed by atoms with Crippen LogP contribution in [-0.4, -0.2) is 31.6 Å². The summed E-state index contributed by atoms with van der Waals surface area (Å²) in [6.45, 7) is 1.64. The molecule has 104 valence electrons. The monoisotopic (exact) mass is 286 g/mol. The molecule has 0 saturated carbocycles. The molecule has 1 saturated heterocycles. The fourth-order valence-electron chi connectivity index (χ4n) is 1.96. The van der Waals surface area contributed by atoms with Crippen molar-refractivity contribution in [3.63, 3.8) is 0 Å². The molecule has 6 heteroatoms. The van der Waals surface area contributed by atoms with Crippen molar-refractivity contribution in [2.24, 2.45) is 0 Å². The van der Waals surface area contributed by atoms with Gasteiger partial charge in [-0.2, -0.15) is 0 Å². The lowest BCUT2D eigenvalue weighted by atomic mass is 10.1. The number of ether oxygens (including phenoxy) is 1. The fourth-order valence-corrected chi connectivity index (χ4v) is 2.08. The number of carbonyl (C=O) groups excluding carboxylic acids is 1. The molecular formula is C13H16ClFN2O2. The number of rotatable bonds is 4. The minimum Gasteiger partial charge on any atom is -0.484 e. The first-order valence-electron chi connectivity index (χ1n) is 6.23. The number of hydrogen-bond acceptors (Lipinski definition) is 3. The van der Waals surface area contributed by atoms with Gasteiger partial charge in [0.05, 0.1) is 5.02 Å². The normalized spacial score (nSPS) is 18.9. The number of carbonyl (C=O) groups is 1. The van der Waals surface area contributed by atoms with E-state index in [0.717, 1.165) is 32.0 Å². The number of nitrogens with one attached hydrogen (secondary N) is 2. The van der Waals surface area contributed by atoms with E-state index in [1.54, 1.807) is 0 Å². The van der Waals surface area contributed by atoms with Crippen molar-refractivity contribution in [2.45, 2.75) is 18.9 Å². The van der Waals surface area contributed by atoms with Crippen LogP contribution >= 0.6 is 11.6 Å². The maximum atomic E-state index is 13.2. The van der Waals surface area contributed by atoms with Gasteiger partial charge < -0.3 is 15.4 Å². The van der Waals surface area contributed by atoms with E-state index in [0.29, 0.717) is 5.75 Å². The third kappa shape index (κ3) is 4.36. The molecule has 19 heavy (non-hydrogen) atoms. The Bertz CT molecular complexity index is 450. The zero-order valence-corrected chi connectivity index (χ0v) is 11.2. The predicted octanol–water partition coefficient (Wildman–Crippen LogP) is 1.73. The molecule has 1 aliphatic heterocycles. The molecule has 1 aliphatic rings. The lowest BCUT2D eigenvalue weighted by molar-refractivity contribution is -0.123. The highest BCUT2D eigenvalue weighted by Gasteiger charge is 2.15. The smallest absolute Gasteiger partial charge is 0.258 e. The van der Waals surface area contributed by atoms with Crippen LogP contribution in [-0.2, 0) is 4.79 Å². The first-order chi connectivity index (χ1) is 9.15. The minimum absolute atomic E-state index is 0.0325. The Labute approximate surface area is 116 Å².